The Morgan fingerprint density at radius 2 is 1.93 bits per heavy atom. The highest BCUT2D eigenvalue weighted by molar-refractivity contribution is 4.72. The molecule has 0 aromatic rings. The van der Waals surface area contributed by atoms with Gasteiger partial charge in [-0.15, -0.1) is 0 Å². The highest BCUT2D eigenvalue weighted by Gasteiger charge is 2.16. The molecule has 0 rings (SSSR count). The van der Waals surface area contributed by atoms with Crippen LogP contribution in [0.1, 0.15) is 47.0 Å². The smallest absolute Gasteiger partial charge is 0.000264 e. The van der Waals surface area contributed by atoms with Gasteiger partial charge in [0.15, 0.2) is 0 Å². The molecular formula is C12H28N2. The third-order valence-electron chi connectivity index (χ3n) is 2.87. The molecule has 3 N–H and O–H groups in total. The molecular weight excluding hydrogens is 172 g/mol. The Morgan fingerprint density at radius 1 is 1.29 bits per heavy atom. The van der Waals surface area contributed by atoms with Crippen molar-refractivity contribution in [2.75, 3.05) is 19.6 Å². The SMILES string of the molecule is CCCC(C)(C)CNCC(CC)CN. The van der Waals surface area contributed by atoms with Crippen LogP contribution in [0.3, 0.4) is 0 Å². The summed E-state index contributed by atoms with van der Waals surface area (Å²) in [6.07, 6.45) is 3.74. The Morgan fingerprint density at radius 3 is 2.36 bits per heavy atom. The average molecular weight is 200 g/mol. The number of hydrogen-bond acceptors (Lipinski definition) is 2. The first-order valence-electron chi connectivity index (χ1n) is 5.96. The first-order valence-corrected chi connectivity index (χ1v) is 5.96. The Labute approximate surface area is 89.6 Å². The van der Waals surface area contributed by atoms with Crippen molar-refractivity contribution in [1.82, 2.24) is 5.32 Å². The molecule has 0 aliphatic carbocycles. The Hall–Kier alpha value is -0.0800. The molecule has 0 spiro atoms. The minimum atomic E-state index is 0.432. The fourth-order valence-electron chi connectivity index (χ4n) is 1.77. The Kier molecular flexibility index (Phi) is 7.20. The van der Waals surface area contributed by atoms with E-state index in [1.807, 2.05) is 0 Å². The standard InChI is InChI=1S/C12H28N2/c1-5-7-12(3,4)10-14-9-11(6-2)8-13/h11,14H,5-10,13H2,1-4H3. The first-order chi connectivity index (χ1) is 6.55. The van der Waals surface area contributed by atoms with E-state index >= 15 is 0 Å². The minimum absolute atomic E-state index is 0.432. The molecule has 0 bridgehead atoms. The molecule has 1 atom stereocenters. The zero-order chi connectivity index (χ0) is 11.0. The third kappa shape index (κ3) is 6.39. The van der Waals surface area contributed by atoms with Crippen LogP contribution < -0.4 is 11.1 Å². The van der Waals surface area contributed by atoms with E-state index in [1.165, 1.54) is 19.3 Å². The lowest BCUT2D eigenvalue weighted by Crippen LogP contribution is -2.34. The fourth-order valence-corrected chi connectivity index (χ4v) is 1.77. The van der Waals surface area contributed by atoms with Crippen molar-refractivity contribution in [2.45, 2.75) is 47.0 Å². The lowest BCUT2D eigenvalue weighted by molar-refractivity contribution is 0.300. The van der Waals surface area contributed by atoms with Crippen molar-refractivity contribution in [3.05, 3.63) is 0 Å². The predicted molar refractivity (Wildman–Crippen MR) is 64.4 cm³/mol. The van der Waals surface area contributed by atoms with Crippen molar-refractivity contribution in [3.63, 3.8) is 0 Å². The summed E-state index contributed by atoms with van der Waals surface area (Å²) in [5, 5.41) is 3.53. The van der Waals surface area contributed by atoms with Crippen molar-refractivity contribution in [2.24, 2.45) is 17.1 Å². The van der Waals surface area contributed by atoms with Crippen LogP contribution in [0.5, 0.6) is 0 Å². The van der Waals surface area contributed by atoms with Crippen molar-refractivity contribution < 1.29 is 0 Å². The van der Waals surface area contributed by atoms with E-state index in [1.54, 1.807) is 0 Å². The average Bonchev–Trinajstić information content (AvgIpc) is 2.12. The normalized spacial score (nSPS) is 14.4. The lowest BCUT2D eigenvalue weighted by atomic mass is 9.88. The third-order valence-corrected chi connectivity index (χ3v) is 2.87. The lowest BCUT2D eigenvalue weighted by Gasteiger charge is -2.25. The highest BCUT2D eigenvalue weighted by atomic mass is 14.9. The molecule has 0 aliphatic rings. The van der Waals surface area contributed by atoms with Gasteiger partial charge in [0.2, 0.25) is 0 Å². The maximum atomic E-state index is 5.65. The molecule has 0 aromatic heterocycles. The van der Waals surface area contributed by atoms with Gasteiger partial charge in [-0.2, -0.15) is 0 Å². The molecule has 0 saturated carbocycles. The monoisotopic (exact) mass is 200 g/mol. The van der Waals surface area contributed by atoms with Crippen LogP contribution in [0.15, 0.2) is 0 Å². The minimum Gasteiger partial charge on any atom is -0.330 e. The molecule has 0 saturated heterocycles. The van der Waals surface area contributed by atoms with Gasteiger partial charge in [-0.3, -0.25) is 0 Å². The highest BCUT2D eigenvalue weighted by Crippen LogP contribution is 2.20. The second-order valence-corrected chi connectivity index (χ2v) is 5.06. The quantitative estimate of drug-likeness (QED) is 0.631. The Balaban J connectivity index is 3.60. The number of nitrogens with one attached hydrogen (secondary N) is 1. The molecule has 0 aliphatic heterocycles. The molecule has 0 aromatic carbocycles. The molecule has 0 heterocycles. The van der Waals surface area contributed by atoms with Crippen molar-refractivity contribution in [1.29, 1.82) is 0 Å². The zero-order valence-corrected chi connectivity index (χ0v) is 10.4. The van der Waals surface area contributed by atoms with Crippen LogP contribution in [-0.2, 0) is 0 Å². The van der Waals surface area contributed by atoms with Crippen LogP contribution in [0, 0.1) is 11.3 Å². The van der Waals surface area contributed by atoms with Crippen molar-refractivity contribution in [3.8, 4) is 0 Å². The van der Waals surface area contributed by atoms with Gasteiger partial charge in [0, 0.05) is 6.54 Å². The van der Waals surface area contributed by atoms with Crippen LogP contribution in [-0.4, -0.2) is 19.6 Å². The molecule has 2 heteroatoms. The largest absolute Gasteiger partial charge is 0.330 e. The molecule has 0 radical (unpaired) electrons. The van der Waals surface area contributed by atoms with Gasteiger partial charge in [0.25, 0.3) is 0 Å². The van der Waals surface area contributed by atoms with Gasteiger partial charge >= 0.3 is 0 Å². The number of rotatable bonds is 8. The maximum Gasteiger partial charge on any atom is 0.000264 e. The summed E-state index contributed by atoms with van der Waals surface area (Å²) in [4.78, 5) is 0. The topological polar surface area (TPSA) is 38.0 Å². The fraction of sp³-hybridized carbons (Fsp3) is 1.00. The van der Waals surface area contributed by atoms with E-state index in [0.717, 1.165) is 19.6 Å². The van der Waals surface area contributed by atoms with Gasteiger partial charge < -0.3 is 11.1 Å². The van der Waals surface area contributed by atoms with Gasteiger partial charge in [0.1, 0.15) is 0 Å². The Bertz CT molecular complexity index is 128. The van der Waals surface area contributed by atoms with Crippen LogP contribution in [0.4, 0.5) is 0 Å². The second kappa shape index (κ2) is 7.24. The summed E-state index contributed by atoms with van der Waals surface area (Å²) < 4.78 is 0. The van der Waals surface area contributed by atoms with Crippen LogP contribution in [0.25, 0.3) is 0 Å². The van der Waals surface area contributed by atoms with E-state index in [0.29, 0.717) is 11.3 Å². The second-order valence-electron chi connectivity index (χ2n) is 5.06. The molecule has 86 valence electrons. The summed E-state index contributed by atoms with van der Waals surface area (Å²) in [6.45, 7) is 12.1. The van der Waals surface area contributed by atoms with Gasteiger partial charge in [-0.05, 0) is 30.8 Å². The van der Waals surface area contributed by atoms with Gasteiger partial charge in [-0.1, -0.05) is 40.5 Å². The summed E-state index contributed by atoms with van der Waals surface area (Å²) in [6, 6.07) is 0. The zero-order valence-electron chi connectivity index (χ0n) is 10.4. The van der Waals surface area contributed by atoms with E-state index in [2.05, 4.69) is 33.0 Å². The summed E-state index contributed by atoms with van der Waals surface area (Å²) in [5.41, 5.74) is 6.08. The van der Waals surface area contributed by atoms with E-state index < -0.39 is 0 Å². The molecule has 0 amide bonds. The van der Waals surface area contributed by atoms with Crippen LogP contribution in [0.2, 0.25) is 0 Å². The van der Waals surface area contributed by atoms with Gasteiger partial charge in [-0.25, -0.2) is 0 Å². The molecule has 14 heavy (non-hydrogen) atoms. The predicted octanol–water partition coefficient (Wildman–Crippen LogP) is 2.39. The van der Waals surface area contributed by atoms with Crippen LogP contribution >= 0.6 is 0 Å². The molecule has 0 fully saturated rings. The summed E-state index contributed by atoms with van der Waals surface area (Å²) in [7, 11) is 0. The maximum absolute atomic E-state index is 5.65. The van der Waals surface area contributed by atoms with Crippen molar-refractivity contribution >= 4 is 0 Å². The summed E-state index contributed by atoms with van der Waals surface area (Å²) >= 11 is 0. The molecule has 2 nitrogen and oxygen atoms in total. The summed E-state index contributed by atoms with van der Waals surface area (Å²) in [5.74, 6) is 0.646. The number of nitrogens with two attached hydrogens (primary N) is 1. The van der Waals surface area contributed by atoms with Gasteiger partial charge in [0.05, 0.1) is 0 Å². The van der Waals surface area contributed by atoms with E-state index in [-0.39, 0.29) is 0 Å². The first kappa shape index (κ1) is 13.9. The molecule has 1 unspecified atom stereocenters. The number of hydrogen-bond donors (Lipinski definition) is 2. The van der Waals surface area contributed by atoms with E-state index in [4.69, 9.17) is 5.73 Å². The van der Waals surface area contributed by atoms with E-state index in [9.17, 15) is 0 Å².